The number of pyridine rings is 1. The Morgan fingerprint density at radius 2 is 2.33 bits per heavy atom. The minimum absolute atomic E-state index is 0.326. The van der Waals surface area contributed by atoms with Gasteiger partial charge in [0.05, 0.1) is 11.6 Å². The number of nitrogens with one attached hydrogen (secondary N) is 1. The van der Waals surface area contributed by atoms with E-state index >= 15 is 0 Å². The normalized spacial score (nSPS) is 11.3. The zero-order valence-corrected chi connectivity index (χ0v) is 9.80. The summed E-state index contributed by atoms with van der Waals surface area (Å²) in [6.07, 6.45) is 4.15. The Morgan fingerprint density at radius 3 is 2.89 bits per heavy atom. The molecular weight excluding hydrogens is 232 g/mol. The van der Waals surface area contributed by atoms with Gasteiger partial charge in [0.15, 0.2) is 0 Å². The van der Waals surface area contributed by atoms with Gasteiger partial charge in [-0.15, -0.1) is 0 Å². The van der Waals surface area contributed by atoms with Gasteiger partial charge in [0.25, 0.3) is 5.91 Å². The molecule has 0 fully saturated rings. The number of hydrogen-bond donors (Lipinski definition) is 2. The number of hydrogen-bond acceptors (Lipinski definition) is 4. The predicted molar refractivity (Wildman–Crippen MR) is 64.1 cm³/mol. The number of carbonyl (C=O) groups is 2. The highest BCUT2D eigenvalue weighted by molar-refractivity contribution is 5.96. The molecule has 0 saturated carbocycles. The highest BCUT2D eigenvalue weighted by atomic mass is 16.2. The highest BCUT2D eigenvalue weighted by Gasteiger charge is 2.18. The second-order valence-corrected chi connectivity index (χ2v) is 3.72. The zero-order valence-electron chi connectivity index (χ0n) is 9.80. The molecule has 1 rings (SSSR count). The average Bonchev–Trinajstić information content (AvgIpc) is 2.38. The molecule has 0 saturated heterocycles. The number of rotatable bonds is 6. The minimum atomic E-state index is -0.758. The first-order valence-electron chi connectivity index (χ1n) is 5.52. The Hall–Kier alpha value is -2.42. The number of unbranched alkanes of at least 4 members (excludes halogenated alkanes) is 1. The van der Waals surface area contributed by atoms with Gasteiger partial charge in [0.2, 0.25) is 5.91 Å². The molecule has 2 amide bonds. The lowest BCUT2D eigenvalue weighted by Gasteiger charge is -2.14. The van der Waals surface area contributed by atoms with Crippen molar-refractivity contribution in [3.8, 4) is 6.07 Å². The van der Waals surface area contributed by atoms with Crippen LogP contribution in [-0.4, -0.2) is 22.8 Å². The molecule has 0 aliphatic carbocycles. The SMILES string of the molecule is N#CCCC[C@H](NC(=O)c1cccnc1)C(N)=O. The molecule has 0 aromatic carbocycles. The van der Waals surface area contributed by atoms with E-state index in [1.165, 1.54) is 6.20 Å². The Kier molecular flexibility index (Phi) is 5.32. The van der Waals surface area contributed by atoms with E-state index in [1.54, 1.807) is 18.3 Å². The van der Waals surface area contributed by atoms with Crippen LogP contribution in [0.2, 0.25) is 0 Å². The third-order valence-electron chi connectivity index (χ3n) is 2.35. The molecule has 0 aliphatic heterocycles. The molecule has 1 heterocycles. The second-order valence-electron chi connectivity index (χ2n) is 3.72. The summed E-state index contributed by atoms with van der Waals surface area (Å²) in [6, 6.07) is 4.44. The van der Waals surface area contributed by atoms with Crippen molar-refractivity contribution in [2.75, 3.05) is 0 Å². The molecule has 0 aliphatic rings. The van der Waals surface area contributed by atoms with Crippen LogP contribution in [0.1, 0.15) is 29.6 Å². The van der Waals surface area contributed by atoms with Crippen LogP contribution < -0.4 is 11.1 Å². The Labute approximate surface area is 105 Å². The zero-order chi connectivity index (χ0) is 13.4. The number of nitriles is 1. The van der Waals surface area contributed by atoms with Gasteiger partial charge >= 0.3 is 0 Å². The van der Waals surface area contributed by atoms with Crippen molar-refractivity contribution < 1.29 is 9.59 Å². The number of primary amides is 1. The minimum Gasteiger partial charge on any atom is -0.368 e. The number of amides is 2. The van der Waals surface area contributed by atoms with Crippen molar-refractivity contribution in [1.29, 1.82) is 5.26 Å². The molecule has 6 nitrogen and oxygen atoms in total. The molecule has 0 spiro atoms. The Balaban J connectivity index is 2.59. The first-order valence-corrected chi connectivity index (χ1v) is 5.52. The lowest BCUT2D eigenvalue weighted by atomic mass is 10.1. The highest BCUT2D eigenvalue weighted by Crippen LogP contribution is 2.02. The van der Waals surface area contributed by atoms with Crippen LogP contribution in [0.25, 0.3) is 0 Å². The van der Waals surface area contributed by atoms with Crippen LogP contribution in [0.15, 0.2) is 24.5 Å². The fourth-order valence-electron chi connectivity index (χ4n) is 1.41. The standard InChI is InChI=1S/C12H14N4O2/c13-6-2-1-5-10(11(14)17)16-12(18)9-4-3-7-15-8-9/h3-4,7-8,10H,1-2,5H2,(H2,14,17)(H,16,18)/t10-/m0/s1. The average molecular weight is 246 g/mol. The first kappa shape index (κ1) is 13.6. The fourth-order valence-corrected chi connectivity index (χ4v) is 1.41. The molecule has 0 bridgehead atoms. The van der Waals surface area contributed by atoms with E-state index in [2.05, 4.69) is 10.3 Å². The van der Waals surface area contributed by atoms with Gasteiger partial charge in [0, 0.05) is 18.8 Å². The van der Waals surface area contributed by atoms with E-state index in [0.29, 0.717) is 24.8 Å². The summed E-state index contributed by atoms with van der Waals surface area (Å²) in [6.45, 7) is 0. The van der Waals surface area contributed by atoms with E-state index < -0.39 is 17.9 Å². The third-order valence-corrected chi connectivity index (χ3v) is 2.35. The van der Waals surface area contributed by atoms with Crippen LogP contribution in [0, 0.1) is 11.3 Å². The molecule has 0 unspecified atom stereocenters. The maximum absolute atomic E-state index is 11.8. The van der Waals surface area contributed by atoms with Gasteiger partial charge in [-0.1, -0.05) is 0 Å². The molecule has 6 heteroatoms. The molecule has 0 radical (unpaired) electrons. The molecule has 1 aromatic heterocycles. The monoisotopic (exact) mass is 246 g/mol. The van der Waals surface area contributed by atoms with E-state index in [4.69, 9.17) is 11.0 Å². The smallest absolute Gasteiger partial charge is 0.253 e. The maximum atomic E-state index is 11.8. The molecule has 1 atom stereocenters. The van der Waals surface area contributed by atoms with Gasteiger partial charge in [-0.3, -0.25) is 14.6 Å². The molecule has 1 aromatic rings. The van der Waals surface area contributed by atoms with Gasteiger partial charge in [-0.25, -0.2) is 0 Å². The van der Waals surface area contributed by atoms with Crippen molar-refractivity contribution in [2.45, 2.75) is 25.3 Å². The number of carbonyl (C=O) groups excluding carboxylic acids is 2. The van der Waals surface area contributed by atoms with Crippen LogP contribution in [-0.2, 0) is 4.79 Å². The van der Waals surface area contributed by atoms with Crippen molar-refractivity contribution in [1.82, 2.24) is 10.3 Å². The Bertz CT molecular complexity index is 453. The third kappa shape index (κ3) is 4.22. The summed E-state index contributed by atoms with van der Waals surface area (Å²) in [7, 11) is 0. The van der Waals surface area contributed by atoms with Crippen molar-refractivity contribution in [2.24, 2.45) is 5.73 Å². The van der Waals surface area contributed by atoms with Crippen LogP contribution in [0.3, 0.4) is 0 Å². The van der Waals surface area contributed by atoms with Crippen molar-refractivity contribution >= 4 is 11.8 Å². The number of nitrogens with two attached hydrogens (primary N) is 1. The first-order chi connectivity index (χ1) is 8.65. The topological polar surface area (TPSA) is 109 Å². The lowest BCUT2D eigenvalue weighted by molar-refractivity contribution is -0.120. The van der Waals surface area contributed by atoms with Crippen LogP contribution in [0.5, 0.6) is 0 Å². The predicted octanol–water partition coefficient (Wildman–Crippen LogP) is 0.359. The quantitative estimate of drug-likeness (QED) is 0.706. The van der Waals surface area contributed by atoms with Crippen molar-refractivity contribution in [3.05, 3.63) is 30.1 Å². The molecule has 18 heavy (non-hydrogen) atoms. The lowest BCUT2D eigenvalue weighted by Crippen LogP contribution is -2.44. The van der Waals surface area contributed by atoms with Crippen LogP contribution in [0.4, 0.5) is 0 Å². The largest absolute Gasteiger partial charge is 0.368 e. The van der Waals surface area contributed by atoms with Crippen LogP contribution >= 0.6 is 0 Å². The van der Waals surface area contributed by atoms with Gasteiger partial charge in [0.1, 0.15) is 6.04 Å². The van der Waals surface area contributed by atoms with E-state index in [1.807, 2.05) is 6.07 Å². The van der Waals surface area contributed by atoms with Crippen molar-refractivity contribution in [3.63, 3.8) is 0 Å². The van der Waals surface area contributed by atoms with E-state index in [9.17, 15) is 9.59 Å². The van der Waals surface area contributed by atoms with E-state index in [0.717, 1.165) is 0 Å². The summed E-state index contributed by atoms with van der Waals surface area (Å²) in [5.41, 5.74) is 5.56. The van der Waals surface area contributed by atoms with Gasteiger partial charge in [-0.05, 0) is 25.0 Å². The number of nitrogens with zero attached hydrogens (tertiary/aromatic N) is 2. The molecule has 94 valence electrons. The van der Waals surface area contributed by atoms with Gasteiger partial charge in [-0.2, -0.15) is 5.26 Å². The molecule has 3 N–H and O–H groups in total. The summed E-state index contributed by atoms with van der Waals surface area (Å²) < 4.78 is 0. The summed E-state index contributed by atoms with van der Waals surface area (Å²) in [5.74, 6) is -1.01. The van der Waals surface area contributed by atoms with Gasteiger partial charge < -0.3 is 11.1 Å². The maximum Gasteiger partial charge on any atom is 0.253 e. The Morgan fingerprint density at radius 1 is 1.56 bits per heavy atom. The molecular formula is C12H14N4O2. The summed E-state index contributed by atoms with van der Waals surface area (Å²) in [5, 5.41) is 10.9. The summed E-state index contributed by atoms with van der Waals surface area (Å²) in [4.78, 5) is 26.8. The van der Waals surface area contributed by atoms with E-state index in [-0.39, 0.29) is 0 Å². The second kappa shape index (κ2) is 7.01. The number of aromatic nitrogens is 1. The summed E-state index contributed by atoms with van der Waals surface area (Å²) >= 11 is 0. The fraction of sp³-hybridized carbons (Fsp3) is 0.333.